The number of hydrogen-bond donors (Lipinski definition) is 0. The van der Waals surface area contributed by atoms with Crippen LogP contribution in [0.1, 0.15) is 20.8 Å². The van der Waals surface area contributed by atoms with Crippen molar-refractivity contribution in [2.24, 2.45) is 0 Å². The van der Waals surface area contributed by atoms with Crippen LogP contribution < -0.4 is 0 Å². The maximum absolute atomic E-state index is 11.5. The van der Waals surface area contributed by atoms with Crippen LogP contribution in [-0.2, 0) is 28.5 Å². The topological polar surface area (TPSA) is 63.2 Å². The maximum Gasteiger partial charge on any atom is 0.331 e. The molecule has 0 heterocycles. The van der Waals surface area contributed by atoms with Crippen molar-refractivity contribution >= 4 is 5.97 Å². The average Bonchev–Trinajstić information content (AvgIpc) is 2.30. The Kier molecular flexibility index (Phi) is 9.42. The van der Waals surface area contributed by atoms with E-state index in [0.29, 0.717) is 0 Å². The average molecular weight is 276 g/mol. The van der Waals surface area contributed by atoms with Crippen LogP contribution in [-0.4, -0.2) is 52.1 Å². The van der Waals surface area contributed by atoms with Crippen LogP contribution >= 0.6 is 0 Å². The van der Waals surface area contributed by atoms with Gasteiger partial charge in [-0.3, -0.25) is 0 Å². The summed E-state index contributed by atoms with van der Waals surface area (Å²) in [5.41, 5.74) is -0.517. The smallest absolute Gasteiger partial charge is 0.331 e. The van der Waals surface area contributed by atoms with Crippen molar-refractivity contribution in [1.29, 1.82) is 0 Å². The molecule has 1 atom stereocenters. The van der Waals surface area contributed by atoms with E-state index in [1.807, 2.05) is 0 Å². The van der Waals surface area contributed by atoms with Crippen molar-refractivity contribution in [3.63, 3.8) is 0 Å². The van der Waals surface area contributed by atoms with Gasteiger partial charge in [-0.05, 0) is 26.8 Å². The minimum Gasteiger partial charge on any atom is -0.457 e. The predicted molar refractivity (Wildman–Crippen MR) is 69.6 cm³/mol. The van der Waals surface area contributed by atoms with E-state index < -0.39 is 17.7 Å². The fraction of sp³-hybridized carbons (Fsp3) is 0.769. The summed E-state index contributed by atoms with van der Waals surface area (Å²) in [7, 11) is 3.05. The summed E-state index contributed by atoms with van der Waals surface area (Å²) >= 11 is 0. The largest absolute Gasteiger partial charge is 0.457 e. The summed E-state index contributed by atoms with van der Waals surface area (Å²) < 4.78 is 25.2. The van der Waals surface area contributed by atoms with Gasteiger partial charge in [-0.1, -0.05) is 0 Å². The molecule has 19 heavy (non-hydrogen) atoms. The third kappa shape index (κ3) is 11.9. The molecule has 6 heteroatoms. The highest BCUT2D eigenvalue weighted by Gasteiger charge is 2.14. The van der Waals surface area contributed by atoms with E-state index in [1.165, 1.54) is 20.3 Å². The zero-order valence-corrected chi connectivity index (χ0v) is 12.3. The van der Waals surface area contributed by atoms with E-state index in [0.717, 1.165) is 0 Å². The molecule has 0 aliphatic heterocycles. The minimum atomic E-state index is -0.517. The molecule has 0 amide bonds. The summed E-state index contributed by atoms with van der Waals surface area (Å²) in [5.74, 6) is -0.426. The quantitative estimate of drug-likeness (QED) is 0.275. The summed E-state index contributed by atoms with van der Waals surface area (Å²) in [5, 5.41) is 0. The number of carbonyl (C=O) groups is 1. The van der Waals surface area contributed by atoms with Gasteiger partial charge in [0, 0.05) is 20.3 Å². The zero-order chi connectivity index (χ0) is 14.7. The standard InChI is InChI=1S/C13H24O6/c1-13(2,3)19-12(14)7-6-11(18-10-16-5)8-17-9-15-4/h6-7,11H,8-10H2,1-5H3/b7-6+/t11-/m0/s1. The Hall–Kier alpha value is -0.950. The van der Waals surface area contributed by atoms with Gasteiger partial charge in [0.2, 0.25) is 0 Å². The molecule has 0 aliphatic carbocycles. The molecular formula is C13H24O6. The van der Waals surface area contributed by atoms with E-state index in [4.69, 9.17) is 23.7 Å². The molecule has 0 aromatic rings. The molecule has 0 aromatic heterocycles. The third-order valence-corrected chi connectivity index (χ3v) is 1.74. The molecule has 0 saturated heterocycles. The van der Waals surface area contributed by atoms with Gasteiger partial charge in [0.1, 0.15) is 25.3 Å². The van der Waals surface area contributed by atoms with Crippen molar-refractivity contribution in [3.05, 3.63) is 12.2 Å². The maximum atomic E-state index is 11.5. The molecule has 0 bridgehead atoms. The second kappa shape index (κ2) is 9.91. The lowest BCUT2D eigenvalue weighted by Crippen LogP contribution is -2.24. The van der Waals surface area contributed by atoms with E-state index in [9.17, 15) is 4.79 Å². The Balaban J connectivity index is 4.23. The van der Waals surface area contributed by atoms with Crippen LogP contribution in [0.25, 0.3) is 0 Å². The van der Waals surface area contributed by atoms with Crippen molar-refractivity contribution in [3.8, 4) is 0 Å². The van der Waals surface area contributed by atoms with Gasteiger partial charge < -0.3 is 23.7 Å². The minimum absolute atomic E-state index is 0.111. The highest BCUT2D eigenvalue weighted by Crippen LogP contribution is 2.07. The van der Waals surface area contributed by atoms with E-state index >= 15 is 0 Å². The molecule has 0 radical (unpaired) electrons. The first-order chi connectivity index (χ1) is 8.89. The zero-order valence-electron chi connectivity index (χ0n) is 12.3. The lowest BCUT2D eigenvalue weighted by Gasteiger charge is -2.18. The van der Waals surface area contributed by atoms with Crippen LogP contribution in [0, 0.1) is 0 Å². The second-order valence-electron chi connectivity index (χ2n) is 4.78. The molecule has 0 rings (SSSR count). The number of esters is 1. The van der Waals surface area contributed by atoms with Gasteiger partial charge in [-0.2, -0.15) is 0 Å². The van der Waals surface area contributed by atoms with Crippen LogP contribution in [0.4, 0.5) is 0 Å². The van der Waals surface area contributed by atoms with Crippen LogP contribution in [0.2, 0.25) is 0 Å². The van der Waals surface area contributed by atoms with Gasteiger partial charge in [-0.25, -0.2) is 4.79 Å². The summed E-state index contributed by atoms with van der Waals surface area (Å²) in [6.45, 7) is 5.95. The highest BCUT2D eigenvalue weighted by molar-refractivity contribution is 5.82. The summed E-state index contributed by atoms with van der Waals surface area (Å²) in [6, 6.07) is 0. The normalized spacial score (nSPS) is 13.7. The summed E-state index contributed by atoms with van der Waals surface area (Å²) in [6.07, 6.45) is 2.49. The van der Waals surface area contributed by atoms with Gasteiger partial charge in [0.25, 0.3) is 0 Å². The van der Waals surface area contributed by atoms with Crippen molar-refractivity contribution in [1.82, 2.24) is 0 Å². The molecule has 0 N–H and O–H groups in total. The number of hydrogen-bond acceptors (Lipinski definition) is 6. The van der Waals surface area contributed by atoms with Crippen molar-refractivity contribution in [2.45, 2.75) is 32.5 Å². The van der Waals surface area contributed by atoms with Gasteiger partial charge in [0.05, 0.1) is 6.61 Å². The lowest BCUT2D eigenvalue weighted by molar-refractivity contribution is -0.148. The molecule has 112 valence electrons. The first kappa shape index (κ1) is 18.0. The number of carbonyl (C=O) groups excluding carboxylic acids is 1. The Bertz CT molecular complexity index is 269. The van der Waals surface area contributed by atoms with Crippen molar-refractivity contribution in [2.75, 3.05) is 34.4 Å². The first-order valence-corrected chi connectivity index (χ1v) is 5.97. The van der Waals surface area contributed by atoms with Crippen molar-refractivity contribution < 1.29 is 28.5 Å². The Morgan fingerprint density at radius 3 is 2.32 bits per heavy atom. The molecule has 0 fully saturated rings. The molecular weight excluding hydrogens is 252 g/mol. The Morgan fingerprint density at radius 2 is 1.79 bits per heavy atom. The van der Waals surface area contributed by atoms with E-state index in [-0.39, 0.29) is 20.2 Å². The molecule has 0 unspecified atom stereocenters. The second-order valence-corrected chi connectivity index (χ2v) is 4.78. The fourth-order valence-electron chi connectivity index (χ4n) is 1.08. The first-order valence-electron chi connectivity index (χ1n) is 5.97. The number of ether oxygens (including phenoxy) is 5. The molecule has 0 aliphatic rings. The monoisotopic (exact) mass is 276 g/mol. The fourth-order valence-corrected chi connectivity index (χ4v) is 1.08. The third-order valence-electron chi connectivity index (χ3n) is 1.74. The van der Waals surface area contributed by atoms with Gasteiger partial charge >= 0.3 is 5.97 Å². The Morgan fingerprint density at radius 1 is 1.16 bits per heavy atom. The molecule has 6 nitrogen and oxygen atoms in total. The lowest BCUT2D eigenvalue weighted by atomic mass is 10.2. The molecule has 0 spiro atoms. The Labute approximate surface area is 114 Å². The van der Waals surface area contributed by atoms with Gasteiger partial charge in [0.15, 0.2) is 0 Å². The number of methoxy groups -OCH3 is 2. The van der Waals surface area contributed by atoms with Gasteiger partial charge in [-0.15, -0.1) is 0 Å². The number of rotatable bonds is 9. The highest BCUT2D eigenvalue weighted by atomic mass is 16.7. The SMILES string of the molecule is COCOC[C@H](/C=C/C(=O)OC(C)(C)C)OCOC. The van der Waals surface area contributed by atoms with E-state index in [1.54, 1.807) is 26.8 Å². The van der Waals surface area contributed by atoms with Crippen LogP contribution in [0.3, 0.4) is 0 Å². The predicted octanol–water partition coefficient (Wildman–Crippen LogP) is 1.49. The molecule has 0 aromatic carbocycles. The van der Waals surface area contributed by atoms with Crippen LogP contribution in [0.15, 0.2) is 12.2 Å². The molecule has 0 saturated carbocycles. The van der Waals surface area contributed by atoms with E-state index in [2.05, 4.69) is 0 Å². The van der Waals surface area contributed by atoms with Crippen LogP contribution in [0.5, 0.6) is 0 Å². The summed E-state index contributed by atoms with van der Waals surface area (Å²) in [4.78, 5) is 11.5.